The number of halogens is 4. The van der Waals surface area contributed by atoms with E-state index in [0.717, 1.165) is 0 Å². The molecular formula is C18H17F4N3OS. The predicted octanol–water partition coefficient (Wildman–Crippen LogP) is 4.79. The summed E-state index contributed by atoms with van der Waals surface area (Å²) < 4.78 is 50.8. The molecule has 0 atom stereocenters. The molecule has 0 spiro atoms. The van der Waals surface area contributed by atoms with E-state index < -0.39 is 5.51 Å². The molecule has 144 valence electrons. The second-order valence-electron chi connectivity index (χ2n) is 5.93. The van der Waals surface area contributed by atoms with Crippen molar-refractivity contribution in [3.05, 3.63) is 54.3 Å². The number of benzene rings is 2. The van der Waals surface area contributed by atoms with E-state index in [1.165, 1.54) is 30.3 Å². The number of nitrogens with zero attached hydrogens (tertiary/aromatic N) is 2. The van der Waals surface area contributed by atoms with Crippen molar-refractivity contribution in [3.63, 3.8) is 0 Å². The van der Waals surface area contributed by atoms with Gasteiger partial charge in [-0.3, -0.25) is 0 Å². The first-order valence-electron chi connectivity index (χ1n) is 8.23. The fourth-order valence-corrected chi connectivity index (χ4v) is 3.34. The SMILES string of the molecule is O=C(Nc1ccc(SC(F)(F)F)cc1)N1CCN(c2ccccc2F)CC1. The summed E-state index contributed by atoms with van der Waals surface area (Å²) in [5.74, 6) is -0.299. The molecule has 1 aliphatic heterocycles. The second kappa shape index (κ2) is 8.08. The average molecular weight is 399 g/mol. The summed E-state index contributed by atoms with van der Waals surface area (Å²) in [6.45, 7) is 1.83. The van der Waals surface area contributed by atoms with Gasteiger partial charge in [-0.05, 0) is 48.2 Å². The maximum Gasteiger partial charge on any atom is 0.446 e. The number of carbonyl (C=O) groups is 1. The fraction of sp³-hybridized carbons (Fsp3) is 0.278. The van der Waals surface area contributed by atoms with Gasteiger partial charge in [0.25, 0.3) is 0 Å². The van der Waals surface area contributed by atoms with E-state index >= 15 is 0 Å². The Bertz CT molecular complexity index is 790. The van der Waals surface area contributed by atoms with Gasteiger partial charge in [0.15, 0.2) is 0 Å². The molecule has 1 heterocycles. The number of anilines is 2. The van der Waals surface area contributed by atoms with E-state index in [2.05, 4.69) is 5.32 Å². The van der Waals surface area contributed by atoms with Gasteiger partial charge in [-0.1, -0.05) is 12.1 Å². The lowest BCUT2D eigenvalue weighted by atomic mass is 10.2. The highest BCUT2D eigenvalue weighted by Gasteiger charge is 2.29. The first-order valence-corrected chi connectivity index (χ1v) is 9.05. The van der Waals surface area contributed by atoms with Crippen LogP contribution in [0.1, 0.15) is 0 Å². The van der Waals surface area contributed by atoms with Crippen LogP contribution < -0.4 is 10.2 Å². The zero-order chi connectivity index (χ0) is 19.4. The molecule has 27 heavy (non-hydrogen) atoms. The van der Waals surface area contributed by atoms with Gasteiger partial charge in [-0.15, -0.1) is 0 Å². The predicted molar refractivity (Wildman–Crippen MR) is 97.6 cm³/mol. The average Bonchev–Trinajstić information content (AvgIpc) is 2.63. The number of thioether (sulfide) groups is 1. The number of nitrogens with one attached hydrogen (secondary N) is 1. The van der Waals surface area contributed by atoms with E-state index in [0.29, 0.717) is 37.6 Å². The molecule has 4 nitrogen and oxygen atoms in total. The molecule has 0 bridgehead atoms. The van der Waals surface area contributed by atoms with Crippen LogP contribution in [0.2, 0.25) is 0 Å². The Labute approximate surface area is 158 Å². The third-order valence-electron chi connectivity index (χ3n) is 4.10. The van der Waals surface area contributed by atoms with Crippen LogP contribution in [0.4, 0.5) is 33.7 Å². The van der Waals surface area contributed by atoms with Crippen molar-refractivity contribution in [2.24, 2.45) is 0 Å². The van der Waals surface area contributed by atoms with E-state index in [-0.39, 0.29) is 28.5 Å². The van der Waals surface area contributed by atoms with Gasteiger partial charge in [0.05, 0.1) is 5.69 Å². The first kappa shape index (κ1) is 19.3. The largest absolute Gasteiger partial charge is 0.446 e. The Morgan fingerprint density at radius 1 is 0.963 bits per heavy atom. The molecule has 0 aromatic heterocycles. The van der Waals surface area contributed by atoms with Crippen molar-refractivity contribution in [2.45, 2.75) is 10.4 Å². The lowest BCUT2D eigenvalue weighted by Gasteiger charge is -2.36. The number of hydrogen-bond donors (Lipinski definition) is 1. The van der Waals surface area contributed by atoms with Gasteiger partial charge >= 0.3 is 11.5 Å². The Morgan fingerprint density at radius 3 is 2.19 bits per heavy atom. The van der Waals surface area contributed by atoms with E-state index in [4.69, 9.17) is 0 Å². The van der Waals surface area contributed by atoms with E-state index in [1.807, 2.05) is 4.90 Å². The van der Waals surface area contributed by atoms with E-state index in [9.17, 15) is 22.4 Å². The molecular weight excluding hydrogens is 382 g/mol. The maximum atomic E-state index is 13.8. The van der Waals surface area contributed by atoms with Gasteiger partial charge in [0, 0.05) is 36.8 Å². The smallest absolute Gasteiger partial charge is 0.366 e. The molecule has 0 radical (unpaired) electrons. The van der Waals surface area contributed by atoms with Gasteiger partial charge in [0.2, 0.25) is 0 Å². The lowest BCUT2D eigenvalue weighted by Crippen LogP contribution is -2.50. The van der Waals surface area contributed by atoms with Crippen molar-refractivity contribution in [1.29, 1.82) is 0 Å². The van der Waals surface area contributed by atoms with Crippen molar-refractivity contribution < 1.29 is 22.4 Å². The molecule has 2 aromatic rings. The number of alkyl halides is 3. The quantitative estimate of drug-likeness (QED) is 0.595. The van der Waals surface area contributed by atoms with Crippen molar-refractivity contribution >= 4 is 29.2 Å². The van der Waals surface area contributed by atoms with Crippen molar-refractivity contribution in [2.75, 3.05) is 36.4 Å². The number of urea groups is 1. The molecule has 9 heteroatoms. The van der Waals surface area contributed by atoms with Gasteiger partial charge in [0.1, 0.15) is 5.82 Å². The molecule has 1 saturated heterocycles. The maximum absolute atomic E-state index is 13.8. The lowest BCUT2D eigenvalue weighted by molar-refractivity contribution is -0.0328. The molecule has 0 aliphatic carbocycles. The summed E-state index contributed by atoms with van der Waals surface area (Å²) in [7, 11) is 0. The Morgan fingerprint density at radius 2 is 1.59 bits per heavy atom. The van der Waals surface area contributed by atoms with Crippen LogP contribution >= 0.6 is 11.8 Å². The third kappa shape index (κ3) is 5.29. The topological polar surface area (TPSA) is 35.6 Å². The Kier molecular flexibility index (Phi) is 5.79. The molecule has 1 fully saturated rings. The van der Waals surface area contributed by atoms with Crippen LogP contribution in [0.5, 0.6) is 0 Å². The summed E-state index contributed by atoms with van der Waals surface area (Å²) in [5, 5.41) is 2.67. The standard InChI is InChI=1S/C18H17F4N3OS/c19-15-3-1-2-4-16(15)24-9-11-25(12-10-24)17(26)23-13-5-7-14(8-6-13)27-18(20,21)22/h1-8H,9-12H2,(H,23,26). The summed E-state index contributed by atoms with van der Waals surface area (Å²) in [4.78, 5) is 15.9. The summed E-state index contributed by atoms with van der Waals surface area (Å²) >= 11 is -0.204. The zero-order valence-electron chi connectivity index (χ0n) is 14.2. The monoisotopic (exact) mass is 399 g/mol. The minimum absolute atomic E-state index is 0.0546. The van der Waals surface area contributed by atoms with Crippen LogP contribution in [-0.2, 0) is 0 Å². The second-order valence-corrected chi connectivity index (χ2v) is 7.07. The summed E-state index contributed by atoms with van der Waals surface area (Å²) in [6, 6.07) is 11.6. The Balaban J connectivity index is 1.53. The number of rotatable bonds is 3. The van der Waals surface area contributed by atoms with Gasteiger partial charge < -0.3 is 15.1 Å². The number of piperazine rings is 1. The molecule has 0 saturated carbocycles. The molecule has 1 N–H and O–H groups in total. The molecule has 0 unspecified atom stereocenters. The summed E-state index contributed by atoms with van der Waals surface area (Å²) in [5.41, 5.74) is -3.42. The normalized spacial score (nSPS) is 15.0. The number of hydrogen-bond acceptors (Lipinski definition) is 3. The summed E-state index contributed by atoms with van der Waals surface area (Å²) in [6.07, 6.45) is 0. The van der Waals surface area contributed by atoms with Crippen molar-refractivity contribution in [3.8, 4) is 0 Å². The Hall–Kier alpha value is -2.42. The van der Waals surface area contributed by atoms with Crippen LogP contribution in [0, 0.1) is 5.82 Å². The number of amides is 2. The minimum Gasteiger partial charge on any atom is -0.366 e. The zero-order valence-corrected chi connectivity index (χ0v) is 15.0. The molecule has 2 aromatic carbocycles. The van der Waals surface area contributed by atoms with Crippen LogP contribution in [-0.4, -0.2) is 42.6 Å². The van der Waals surface area contributed by atoms with Gasteiger partial charge in [-0.25, -0.2) is 9.18 Å². The van der Waals surface area contributed by atoms with Crippen LogP contribution in [0.3, 0.4) is 0 Å². The third-order valence-corrected chi connectivity index (χ3v) is 4.84. The van der Waals surface area contributed by atoms with Crippen LogP contribution in [0.25, 0.3) is 0 Å². The highest BCUT2D eigenvalue weighted by molar-refractivity contribution is 8.00. The number of carbonyl (C=O) groups excluding carboxylic acids is 1. The van der Waals surface area contributed by atoms with Gasteiger partial charge in [-0.2, -0.15) is 13.2 Å². The fourth-order valence-electron chi connectivity index (χ4n) is 2.80. The van der Waals surface area contributed by atoms with Crippen molar-refractivity contribution in [1.82, 2.24) is 4.90 Å². The van der Waals surface area contributed by atoms with E-state index in [1.54, 1.807) is 23.1 Å². The highest BCUT2D eigenvalue weighted by atomic mass is 32.2. The van der Waals surface area contributed by atoms with Crippen LogP contribution in [0.15, 0.2) is 53.4 Å². The molecule has 1 aliphatic rings. The molecule has 2 amide bonds. The highest BCUT2D eigenvalue weighted by Crippen LogP contribution is 2.37. The number of para-hydroxylation sites is 1. The molecule has 3 rings (SSSR count). The first-order chi connectivity index (χ1) is 12.8. The minimum atomic E-state index is -4.34.